The van der Waals surface area contributed by atoms with Crippen LogP contribution in [-0.4, -0.2) is 89.5 Å². The van der Waals surface area contributed by atoms with E-state index in [2.05, 4.69) is 15.5 Å². The van der Waals surface area contributed by atoms with Gasteiger partial charge in [-0.1, -0.05) is 19.1 Å². The maximum Gasteiger partial charge on any atom is 0.335 e. The number of rotatable bonds is 9. The van der Waals surface area contributed by atoms with E-state index in [-0.39, 0.29) is 48.3 Å². The highest BCUT2D eigenvalue weighted by atomic mass is 19.1. The number of urea groups is 1. The first-order valence-corrected chi connectivity index (χ1v) is 16.6. The van der Waals surface area contributed by atoms with Gasteiger partial charge in [-0.3, -0.25) is 9.69 Å². The minimum absolute atomic E-state index is 0.135. The molecule has 0 unspecified atom stereocenters. The fraction of sp³-hybridized carbons (Fsp3) is 0.432. The topological polar surface area (TPSA) is 141 Å². The smallest absolute Gasteiger partial charge is 0.335 e. The Labute approximate surface area is 287 Å². The number of amides is 3. The first-order valence-electron chi connectivity index (χ1n) is 16.6. The maximum absolute atomic E-state index is 14.3. The van der Waals surface area contributed by atoms with Crippen LogP contribution in [0.25, 0.3) is 0 Å². The summed E-state index contributed by atoms with van der Waals surface area (Å²) >= 11 is 0. The van der Waals surface area contributed by atoms with E-state index in [4.69, 9.17) is 9.47 Å². The average Bonchev–Trinajstić information content (AvgIpc) is 3.07. The van der Waals surface area contributed by atoms with E-state index in [1.54, 1.807) is 54.3 Å². The minimum atomic E-state index is -0.971. The van der Waals surface area contributed by atoms with Crippen molar-refractivity contribution in [1.29, 1.82) is 0 Å². The molecule has 0 saturated carbocycles. The Morgan fingerprint density at radius 2 is 1.69 bits per heavy atom. The lowest BCUT2D eigenvalue weighted by Gasteiger charge is -2.36. The maximum atomic E-state index is 14.3. The summed E-state index contributed by atoms with van der Waals surface area (Å²) in [5.74, 6) is -1.51. The quantitative estimate of drug-likeness (QED) is 0.213. The number of anilines is 2. The number of nitrogens with zero attached hydrogens (tertiary/aromatic N) is 2. The molecule has 12 heteroatoms. The second-order valence-electron chi connectivity index (χ2n) is 12.8. The highest BCUT2D eigenvalue weighted by molar-refractivity contribution is 6.02. The summed E-state index contributed by atoms with van der Waals surface area (Å²) in [4.78, 5) is 42.1. The van der Waals surface area contributed by atoms with Crippen molar-refractivity contribution in [1.82, 2.24) is 9.80 Å². The number of aromatic carboxylic acids is 1. The fourth-order valence-electron chi connectivity index (χ4n) is 5.73. The van der Waals surface area contributed by atoms with Crippen LogP contribution >= 0.6 is 0 Å². The number of carbonyl (C=O) groups is 3. The average molecular weight is 679 g/mol. The van der Waals surface area contributed by atoms with Crippen LogP contribution in [0.2, 0.25) is 0 Å². The molecule has 0 radical (unpaired) electrons. The Morgan fingerprint density at radius 3 is 2.37 bits per heavy atom. The fourth-order valence-corrected chi connectivity index (χ4v) is 5.73. The predicted molar refractivity (Wildman–Crippen MR) is 186 cm³/mol. The van der Waals surface area contributed by atoms with E-state index in [0.29, 0.717) is 36.8 Å². The molecule has 49 heavy (non-hydrogen) atoms. The van der Waals surface area contributed by atoms with Gasteiger partial charge in [0.2, 0.25) is 0 Å². The lowest BCUT2D eigenvalue weighted by atomic mass is 10.0. The highest BCUT2D eigenvalue weighted by Gasteiger charge is 2.30. The molecule has 0 aromatic heterocycles. The van der Waals surface area contributed by atoms with Crippen molar-refractivity contribution < 1.29 is 38.5 Å². The lowest BCUT2D eigenvalue weighted by Crippen LogP contribution is -2.47. The molecular weight excluding hydrogens is 631 g/mol. The Balaban J connectivity index is 1.56. The zero-order valence-corrected chi connectivity index (χ0v) is 28.5. The summed E-state index contributed by atoms with van der Waals surface area (Å²) in [7, 11) is 1.97. The van der Waals surface area contributed by atoms with Gasteiger partial charge in [0.1, 0.15) is 11.6 Å². The number of aliphatic hydroxyl groups is 1. The van der Waals surface area contributed by atoms with Crippen LogP contribution in [0.15, 0.2) is 66.7 Å². The molecule has 0 saturated heterocycles. The summed E-state index contributed by atoms with van der Waals surface area (Å²) in [5, 5.41) is 24.8. The van der Waals surface area contributed by atoms with Gasteiger partial charge >= 0.3 is 12.0 Å². The zero-order valence-electron chi connectivity index (χ0n) is 28.5. The number of nitrogens with one attached hydrogen (secondary N) is 2. The van der Waals surface area contributed by atoms with Crippen molar-refractivity contribution in [3.05, 3.63) is 89.2 Å². The monoisotopic (exact) mass is 678 g/mol. The molecule has 0 bridgehead atoms. The molecule has 3 aromatic rings. The standard InChI is InChI=1S/C37H47FN4O7/c1-24-20-42(25(2)23-43)35(44)32-19-31(40-37(47)39-30-14-12-29(38)13-15-30)16-17-33(32)49-26(3)7-5-6-18-48-34(24)22-41(4)21-27-8-10-28(11-9-27)36(45)46/h8-17,19,24-26,34,43H,5-7,18,20-23H2,1-4H3,(H,45,46)(H2,39,40,47)/t24-,25-,26-,34-/m0/s1. The third kappa shape index (κ3) is 11.0. The lowest BCUT2D eigenvalue weighted by molar-refractivity contribution is -0.0177. The van der Waals surface area contributed by atoms with Crippen molar-refractivity contribution in [2.75, 3.05) is 44.0 Å². The van der Waals surface area contributed by atoms with Crippen molar-refractivity contribution in [2.45, 2.75) is 64.8 Å². The van der Waals surface area contributed by atoms with Crippen molar-refractivity contribution in [3.63, 3.8) is 0 Å². The predicted octanol–water partition coefficient (Wildman–Crippen LogP) is 6.10. The van der Waals surface area contributed by atoms with Gasteiger partial charge in [0.25, 0.3) is 5.91 Å². The number of halogens is 1. The number of fused-ring (bicyclic) bond motifs is 1. The van der Waals surface area contributed by atoms with Gasteiger partial charge in [-0.15, -0.1) is 0 Å². The molecule has 3 aromatic carbocycles. The third-order valence-electron chi connectivity index (χ3n) is 8.56. The van der Waals surface area contributed by atoms with Gasteiger partial charge in [0.15, 0.2) is 0 Å². The number of carbonyl (C=O) groups excluding carboxylic acids is 2. The molecule has 4 atom stereocenters. The van der Waals surface area contributed by atoms with Crippen LogP contribution in [0.5, 0.6) is 5.75 Å². The minimum Gasteiger partial charge on any atom is -0.490 e. The Hall–Kier alpha value is -4.52. The third-order valence-corrected chi connectivity index (χ3v) is 8.56. The van der Waals surface area contributed by atoms with E-state index in [1.165, 1.54) is 24.3 Å². The first kappa shape index (κ1) is 37.3. The molecule has 0 fully saturated rings. The van der Waals surface area contributed by atoms with Crippen molar-refractivity contribution >= 4 is 29.3 Å². The van der Waals surface area contributed by atoms with Gasteiger partial charge in [0, 0.05) is 43.5 Å². The molecule has 1 aliphatic heterocycles. The molecule has 3 amide bonds. The Bertz CT molecular complexity index is 1550. The zero-order chi connectivity index (χ0) is 35.5. The van der Waals surface area contributed by atoms with Gasteiger partial charge in [-0.05, 0) is 100 Å². The van der Waals surface area contributed by atoms with Gasteiger partial charge in [0.05, 0.1) is 36.0 Å². The molecule has 1 aliphatic rings. The van der Waals surface area contributed by atoms with E-state index >= 15 is 0 Å². The number of carboxylic acids is 1. The Kier molecular flexibility index (Phi) is 13.5. The molecule has 11 nitrogen and oxygen atoms in total. The van der Waals surface area contributed by atoms with Crippen LogP contribution in [0, 0.1) is 11.7 Å². The number of ether oxygens (including phenoxy) is 2. The van der Waals surface area contributed by atoms with Gasteiger partial charge in [-0.25, -0.2) is 14.0 Å². The van der Waals surface area contributed by atoms with Crippen molar-refractivity contribution in [3.8, 4) is 5.75 Å². The van der Waals surface area contributed by atoms with E-state index in [0.717, 1.165) is 24.8 Å². The number of carboxylic acid groups (broad SMARTS) is 1. The van der Waals surface area contributed by atoms with Crippen LogP contribution in [-0.2, 0) is 11.3 Å². The van der Waals surface area contributed by atoms with Gasteiger partial charge in [-0.2, -0.15) is 0 Å². The molecule has 0 spiro atoms. The number of hydrogen-bond acceptors (Lipinski definition) is 7. The first-order chi connectivity index (χ1) is 23.4. The van der Waals surface area contributed by atoms with Crippen molar-refractivity contribution in [2.24, 2.45) is 5.92 Å². The normalized spacial score (nSPS) is 19.7. The summed E-state index contributed by atoms with van der Waals surface area (Å²) in [6.45, 7) is 7.44. The molecule has 0 aliphatic carbocycles. The summed E-state index contributed by atoms with van der Waals surface area (Å²) < 4.78 is 26.0. The number of likely N-dealkylation sites (N-methyl/N-ethyl adjacent to an activating group) is 1. The number of aliphatic hydroxyl groups excluding tert-OH is 1. The van der Waals surface area contributed by atoms with Crippen LogP contribution in [0.1, 0.15) is 66.3 Å². The molecular formula is C37H47FN4O7. The second-order valence-corrected chi connectivity index (χ2v) is 12.8. The van der Waals surface area contributed by atoms with E-state index in [9.17, 15) is 29.0 Å². The largest absolute Gasteiger partial charge is 0.490 e. The molecule has 4 rings (SSSR count). The van der Waals surface area contributed by atoms with Gasteiger partial charge < -0.3 is 35.2 Å². The van der Waals surface area contributed by atoms with Crippen LogP contribution < -0.4 is 15.4 Å². The highest BCUT2D eigenvalue weighted by Crippen LogP contribution is 2.29. The second kappa shape index (κ2) is 17.8. The molecule has 264 valence electrons. The Morgan fingerprint density at radius 1 is 1.02 bits per heavy atom. The summed E-state index contributed by atoms with van der Waals surface area (Å²) in [5.41, 5.74) is 2.20. The number of benzene rings is 3. The SMILES string of the molecule is C[C@H]1CCCCO[C@@H](CN(C)Cc2ccc(C(=O)O)cc2)[C@@H](C)CN([C@@H](C)CO)C(=O)c2cc(NC(=O)Nc3ccc(F)cc3)ccc2O1. The van der Waals surface area contributed by atoms with Crippen LogP contribution in [0.3, 0.4) is 0 Å². The van der Waals surface area contributed by atoms with E-state index < -0.39 is 23.9 Å². The molecule has 4 N–H and O–H groups in total. The summed E-state index contributed by atoms with van der Waals surface area (Å²) in [6.07, 6.45) is 1.97. The van der Waals surface area contributed by atoms with E-state index in [1.807, 2.05) is 20.9 Å². The van der Waals surface area contributed by atoms with Crippen LogP contribution in [0.4, 0.5) is 20.6 Å². The number of hydrogen-bond donors (Lipinski definition) is 4. The summed E-state index contributed by atoms with van der Waals surface area (Å²) in [6, 6.07) is 16.0. The molecule has 1 heterocycles.